The molecule has 0 fully saturated rings. The van der Waals surface area contributed by atoms with Crippen LogP contribution in [0.25, 0.3) is 22.5 Å². The zero-order chi connectivity index (χ0) is 24.1. The number of aromatic nitrogens is 3. The van der Waals surface area contributed by atoms with Crippen LogP contribution in [0.5, 0.6) is 11.5 Å². The summed E-state index contributed by atoms with van der Waals surface area (Å²) in [6.45, 7) is 1.74. The molecular formula is C24H24N4O6. The van der Waals surface area contributed by atoms with Crippen molar-refractivity contribution in [2.45, 2.75) is 13.0 Å². The molecule has 0 bridgehead atoms. The Bertz CT molecular complexity index is 1340. The predicted octanol–water partition coefficient (Wildman–Crippen LogP) is 3.49. The molecule has 0 saturated carbocycles. The molecule has 2 aromatic heterocycles. The van der Waals surface area contributed by atoms with E-state index in [0.717, 1.165) is 24.1 Å². The number of oxazole rings is 1. The molecule has 0 aliphatic heterocycles. The Balaban J connectivity index is 1.51. The van der Waals surface area contributed by atoms with Gasteiger partial charge in [0.25, 0.3) is 0 Å². The van der Waals surface area contributed by atoms with E-state index in [9.17, 15) is 9.59 Å². The van der Waals surface area contributed by atoms with Crippen LogP contribution < -0.4 is 15.2 Å². The standard InChI is InChI=1S/C24H24N4O6/c1-27(2)9-4-10-32-19-13-25-22(26-14-19)17-6-3-5-16(11-17)15-28-20-12-18(33-24(30)31)7-8-21(20)34-23(28)29/h3,5-8,11-14H,4,9-10,15H2,1-2H3,(H,30,31). The number of carbonyl (C=O) groups is 1. The molecule has 0 unspecified atom stereocenters. The van der Waals surface area contributed by atoms with Gasteiger partial charge in [-0.15, -0.1) is 0 Å². The summed E-state index contributed by atoms with van der Waals surface area (Å²) in [5, 5.41) is 8.84. The minimum atomic E-state index is -1.44. The van der Waals surface area contributed by atoms with Gasteiger partial charge in [-0.05, 0) is 44.3 Å². The summed E-state index contributed by atoms with van der Waals surface area (Å²) in [5.74, 6) is 0.680. The fraction of sp³-hybridized carbons (Fsp3) is 0.250. The van der Waals surface area contributed by atoms with Crippen molar-refractivity contribution >= 4 is 17.3 Å². The smallest absolute Gasteiger partial charge is 0.490 e. The van der Waals surface area contributed by atoms with Gasteiger partial charge >= 0.3 is 11.9 Å². The second-order valence-electron chi connectivity index (χ2n) is 7.90. The molecule has 34 heavy (non-hydrogen) atoms. The van der Waals surface area contributed by atoms with Gasteiger partial charge in [-0.1, -0.05) is 18.2 Å². The van der Waals surface area contributed by atoms with E-state index in [-0.39, 0.29) is 12.3 Å². The monoisotopic (exact) mass is 464 g/mol. The first-order valence-corrected chi connectivity index (χ1v) is 10.6. The topological polar surface area (TPSA) is 120 Å². The van der Waals surface area contributed by atoms with E-state index < -0.39 is 11.9 Å². The molecular weight excluding hydrogens is 440 g/mol. The third kappa shape index (κ3) is 5.59. The van der Waals surface area contributed by atoms with Crippen LogP contribution in [0.2, 0.25) is 0 Å². The summed E-state index contributed by atoms with van der Waals surface area (Å²) in [6, 6.07) is 11.9. The fourth-order valence-electron chi connectivity index (χ4n) is 3.46. The van der Waals surface area contributed by atoms with Crippen LogP contribution >= 0.6 is 0 Å². The first-order valence-electron chi connectivity index (χ1n) is 10.6. The maximum atomic E-state index is 12.4. The molecule has 4 rings (SSSR count). The van der Waals surface area contributed by atoms with Crippen molar-refractivity contribution in [3.05, 3.63) is 71.0 Å². The molecule has 2 heterocycles. The van der Waals surface area contributed by atoms with Crippen LogP contribution in [0.4, 0.5) is 4.79 Å². The van der Waals surface area contributed by atoms with Gasteiger partial charge in [-0.25, -0.2) is 19.6 Å². The predicted molar refractivity (Wildman–Crippen MR) is 124 cm³/mol. The normalized spacial score (nSPS) is 11.1. The van der Waals surface area contributed by atoms with Gasteiger partial charge in [0.15, 0.2) is 17.2 Å². The van der Waals surface area contributed by atoms with E-state index in [2.05, 4.69) is 14.9 Å². The molecule has 0 spiro atoms. The van der Waals surface area contributed by atoms with Gasteiger partial charge in [-0.2, -0.15) is 0 Å². The number of ether oxygens (including phenoxy) is 2. The highest BCUT2D eigenvalue weighted by molar-refractivity contribution is 5.76. The third-order valence-electron chi connectivity index (χ3n) is 5.02. The molecule has 176 valence electrons. The number of hydrogen-bond acceptors (Lipinski definition) is 8. The zero-order valence-electron chi connectivity index (χ0n) is 18.8. The summed E-state index contributed by atoms with van der Waals surface area (Å²) >= 11 is 0. The molecule has 0 radical (unpaired) electrons. The van der Waals surface area contributed by atoms with E-state index in [0.29, 0.717) is 29.3 Å². The summed E-state index contributed by atoms with van der Waals surface area (Å²) in [7, 11) is 4.03. The first-order chi connectivity index (χ1) is 16.4. The quantitative estimate of drug-likeness (QED) is 0.225. The molecule has 1 N–H and O–H groups in total. The van der Waals surface area contributed by atoms with Crippen LogP contribution in [0.1, 0.15) is 12.0 Å². The lowest BCUT2D eigenvalue weighted by Gasteiger charge is -2.10. The number of carboxylic acid groups (broad SMARTS) is 1. The molecule has 10 heteroatoms. The minimum Gasteiger partial charge on any atom is -0.490 e. The highest BCUT2D eigenvalue weighted by atomic mass is 16.7. The largest absolute Gasteiger partial charge is 0.511 e. The van der Waals surface area contributed by atoms with Crippen LogP contribution in [-0.4, -0.2) is 57.9 Å². The average Bonchev–Trinajstić information content (AvgIpc) is 3.11. The first kappa shape index (κ1) is 23.0. The molecule has 0 atom stereocenters. The number of fused-ring (bicyclic) bond motifs is 1. The van der Waals surface area contributed by atoms with E-state index in [1.54, 1.807) is 12.4 Å². The van der Waals surface area contributed by atoms with Crippen molar-refractivity contribution < 1.29 is 23.8 Å². The Morgan fingerprint density at radius 1 is 1.12 bits per heavy atom. The average molecular weight is 464 g/mol. The molecule has 4 aromatic rings. The molecule has 0 aliphatic carbocycles. The number of hydrogen-bond donors (Lipinski definition) is 1. The second kappa shape index (κ2) is 10.2. The Labute approximate surface area is 195 Å². The SMILES string of the molecule is CN(C)CCCOc1cnc(-c2cccc(Cn3c(=O)oc4ccc(OC(=O)O)cc43)c2)nc1. The molecule has 2 aromatic carbocycles. The summed E-state index contributed by atoms with van der Waals surface area (Å²) < 4.78 is 17.1. The van der Waals surface area contributed by atoms with Gasteiger partial charge in [0.1, 0.15) is 5.75 Å². The van der Waals surface area contributed by atoms with Gasteiger partial charge in [-0.3, -0.25) is 4.57 Å². The second-order valence-corrected chi connectivity index (χ2v) is 7.90. The highest BCUT2D eigenvalue weighted by Crippen LogP contribution is 2.23. The molecule has 0 amide bonds. The Morgan fingerprint density at radius 3 is 2.65 bits per heavy atom. The Morgan fingerprint density at radius 2 is 1.91 bits per heavy atom. The van der Waals surface area contributed by atoms with E-state index in [1.807, 2.05) is 38.4 Å². The number of benzene rings is 2. The maximum absolute atomic E-state index is 12.4. The van der Waals surface area contributed by atoms with Crippen LogP contribution in [-0.2, 0) is 6.54 Å². The van der Waals surface area contributed by atoms with Crippen LogP contribution in [0, 0.1) is 0 Å². The lowest BCUT2D eigenvalue weighted by Crippen LogP contribution is -2.15. The van der Waals surface area contributed by atoms with Gasteiger partial charge in [0.2, 0.25) is 0 Å². The van der Waals surface area contributed by atoms with Gasteiger partial charge < -0.3 is 23.9 Å². The van der Waals surface area contributed by atoms with Crippen molar-refractivity contribution in [1.82, 2.24) is 19.4 Å². The third-order valence-corrected chi connectivity index (χ3v) is 5.02. The molecule has 10 nitrogen and oxygen atoms in total. The van der Waals surface area contributed by atoms with Crippen molar-refractivity contribution in [1.29, 1.82) is 0 Å². The fourth-order valence-corrected chi connectivity index (χ4v) is 3.46. The molecule has 0 saturated heterocycles. The molecule has 0 aliphatic rings. The van der Waals surface area contributed by atoms with E-state index >= 15 is 0 Å². The summed E-state index contributed by atoms with van der Waals surface area (Å²) in [6.07, 6.45) is 2.75. The Hall–Kier alpha value is -4.18. The summed E-state index contributed by atoms with van der Waals surface area (Å²) in [4.78, 5) is 34.1. The van der Waals surface area contributed by atoms with Crippen molar-refractivity contribution in [2.24, 2.45) is 0 Å². The Kier molecular flexibility index (Phi) is 6.88. The minimum absolute atomic E-state index is 0.0979. The highest BCUT2D eigenvalue weighted by Gasteiger charge is 2.13. The maximum Gasteiger partial charge on any atom is 0.511 e. The van der Waals surface area contributed by atoms with E-state index in [1.165, 1.54) is 22.8 Å². The summed E-state index contributed by atoms with van der Waals surface area (Å²) in [5.41, 5.74) is 2.37. The van der Waals surface area contributed by atoms with Crippen molar-refractivity contribution in [3.8, 4) is 22.9 Å². The number of rotatable bonds is 9. The van der Waals surface area contributed by atoms with E-state index in [4.69, 9.17) is 19.0 Å². The van der Waals surface area contributed by atoms with Gasteiger partial charge in [0, 0.05) is 18.2 Å². The zero-order valence-corrected chi connectivity index (χ0v) is 18.8. The van der Waals surface area contributed by atoms with Crippen LogP contribution in [0.15, 0.2) is 64.1 Å². The number of nitrogens with zero attached hydrogens (tertiary/aromatic N) is 4. The lowest BCUT2D eigenvalue weighted by molar-refractivity contribution is 0.144. The van der Waals surface area contributed by atoms with Gasteiger partial charge in [0.05, 0.1) is 31.1 Å². The van der Waals surface area contributed by atoms with Crippen molar-refractivity contribution in [3.63, 3.8) is 0 Å². The van der Waals surface area contributed by atoms with Crippen molar-refractivity contribution in [2.75, 3.05) is 27.2 Å². The van der Waals surface area contributed by atoms with Crippen LogP contribution in [0.3, 0.4) is 0 Å². The lowest BCUT2D eigenvalue weighted by atomic mass is 10.1.